The maximum absolute atomic E-state index is 13.4. The molecule has 2 aliphatic rings. The molecule has 2 heterocycles. The van der Waals surface area contributed by atoms with Crippen LogP contribution >= 0.6 is 11.8 Å². The number of thioether (sulfide) groups is 1. The summed E-state index contributed by atoms with van der Waals surface area (Å²) >= 11 is 1.53. The Morgan fingerprint density at radius 1 is 1.12 bits per heavy atom. The fourth-order valence-electron chi connectivity index (χ4n) is 4.31. The Balaban J connectivity index is 1.64. The highest BCUT2D eigenvalue weighted by Crippen LogP contribution is 2.40. The topological polar surface area (TPSA) is 86.8 Å². The first-order valence-electron chi connectivity index (χ1n) is 11.6. The van der Waals surface area contributed by atoms with Crippen LogP contribution < -0.4 is 10.2 Å². The zero-order valence-electron chi connectivity index (χ0n) is 19.8. The van der Waals surface area contributed by atoms with E-state index in [2.05, 4.69) is 12.2 Å². The third-order valence-corrected chi connectivity index (χ3v) is 9.48. The molecule has 182 valence electrons. The lowest BCUT2D eigenvalue weighted by Gasteiger charge is -2.30. The van der Waals surface area contributed by atoms with Crippen molar-refractivity contribution in [1.29, 1.82) is 0 Å². The van der Waals surface area contributed by atoms with E-state index >= 15 is 0 Å². The van der Waals surface area contributed by atoms with Crippen molar-refractivity contribution in [2.45, 2.75) is 55.1 Å². The summed E-state index contributed by atoms with van der Waals surface area (Å²) in [6.45, 7) is 6.80. The van der Waals surface area contributed by atoms with Crippen molar-refractivity contribution in [1.82, 2.24) is 4.31 Å². The van der Waals surface area contributed by atoms with Crippen LogP contribution in [0.3, 0.4) is 0 Å². The van der Waals surface area contributed by atoms with Crippen LogP contribution in [0.4, 0.5) is 11.4 Å². The van der Waals surface area contributed by atoms with Gasteiger partial charge in [0.05, 0.1) is 10.6 Å². The molecule has 9 heteroatoms. The molecule has 1 saturated heterocycles. The van der Waals surface area contributed by atoms with Crippen molar-refractivity contribution in [3.63, 3.8) is 0 Å². The molecular formula is C25H31N3O4S2. The van der Waals surface area contributed by atoms with E-state index in [0.29, 0.717) is 30.4 Å². The SMILES string of the molecule is Cc1ccccc1NC(=O)CN1C(=O)C[C@H](C)Sc2ccc(S(=O)(=O)N3CCC(C)CC3)cc21. The van der Waals surface area contributed by atoms with Gasteiger partial charge in [0, 0.05) is 35.3 Å². The molecule has 2 aromatic rings. The predicted octanol–water partition coefficient (Wildman–Crippen LogP) is 4.27. The number of hydrogen-bond acceptors (Lipinski definition) is 5. The molecule has 0 aliphatic carbocycles. The van der Waals surface area contributed by atoms with Crippen molar-refractivity contribution >= 4 is 45.0 Å². The van der Waals surface area contributed by atoms with Crippen LogP contribution in [0.2, 0.25) is 0 Å². The van der Waals surface area contributed by atoms with Gasteiger partial charge in [-0.05, 0) is 55.5 Å². The third-order valence-electron chi connectivity index (χ3n) is 6.41. The molecule has 0 spiro atoms. The summed E-state index contributed by atoms with van der Waals surface area (Å²) in [5, 5.41) is 2.89. The van der Waals surface area contributed by atoms with Crippen LogP contribution in [0.5, 0.6) is 0 Å². The Hall–Kier alpha value is -2.36. The monoisotopic (exact) mass is 501 g/mol. The standard InChI is InChI=1S/C25H31N3O4S2/c1-17-10-12-27(13-11-17)34(31,32)20-8-9-23-22(15-20)28(25(30)14-19(3)33-23)16-24(29)26-21-7-5-4-6-18(21)2/h4-9,15,17,19H,10-14,16H2,1-3H3,(H,26,29)/t19-/m0/s1. The van der Waals surface area contributed by atoms with Gasteiger partial charge in [-0.2, -0.15) is 4.31 Å². The Morgan fingerprint density at radius 3 is 2.53 bits per heavy atom. The number of carbonyl (C=O) groups is 2. The number of carbonyl (C=O) groups excluding carboxylic acids is 2. The fraction of sp³-hybridized carbons (Fsp3) is 0.440. The number of benzene rings is 2. The molecular weight excluding hydrogens is 470 g/mol. The van der Waals surface area contributed by atoms with Gasteiger partial charge >= 0.3 is 0 Å². The number of aryl methyl sites for hydroxylation is 1. The molecule has 0 aromatic heterocycles. The van der Waals surface area contributed by atoms with E-state index in [-0.39, 0.29) is 34.9 Å². The molecule has 1 fully saturated rings. The molecule has 1 N–H and O–H groups in total. The summed E-state index contributed by atoms with van der Waals surface area (Å²) in [5.41, 5.74) is 2.09. The number of nitrogens with one attached hydrogen (secondary N) is 1. The Morgan fingerprint density at radius 2 is 1.82 bits per heavy atom. The summed E-state index contributed by atoms with van der Waals surface area (Å²) in [6.07, 6.45) is 1.94. The van der Waals surface area contributed by atoms with Crippen LogP contribution in [-0.4, -0.2) is 49.4 Å². The summed E-state index contributed by atoms with van der Waals surface area (Å²) in [5.74, 6) is -0.0114. The van der Waals surface area contributed by atoms with Crippen molar-refractivity contribution in [3.8, 4) is 0 Å². The summed E-state index contributed by atoms with van der Waals surface area (Å²) in [4.78, 5) is 28.4. The van der Waals surface area contributed by atoms with Crippen molar-refractivity contribution in [2.75, 3.05) is 29.9 Å². The first-order valence-corrected chi connectivity index (χ1v) is 13.9. The highest BCUT2D eigenvalue weighted by atomic mass is 32.2. The Kier molecular flexibility index (Phi) is 7.35. The Labute approximate surface area is 205 Å². The van der Waals surface area contributed by atoms with E-state index in [0.717, 1.165) is 23.3 Å². The molecule has 1 atom stereocenters. The van der Waals surface area contributed by atoms with E-state index in [1.807, 2.05) is 38.1 Å². The van der Waals surface area contributed by atoms with Gasteiger partial charge in [0.2, 0.25) is 21.8 Å². The Bertz CT molecular complexity index is 1190. The van der Waals surface area contributed by atoms with E-state index in [1.165, 1.54) is 21.0 Å². The van der Waals surface area contributed by atoms with E-state index in [4.69, 9.17) is 0 Å². The fourth-order valence-corrected chi connectivity index (χ4v) is 6.90. The van der Waals surface area contributed by atoms with E-state index in [1.54, 1.807) is 18.2 Å². The van der Waals surface area contributed by atoms with Crippen LogP contribution in [0.1, 0.15) is 38.7 Å². The lowest BCUT2D eigenvalue weighted by Crippen LogP contribution is -2.39. The second kappa shape index (κ2) is 10.1. The number of fused-ring (bicyclic) bond motifs is 1. The number of amides is 2. The maximum atomic E-state index is 13.4. The highest BCUT2D eigenvalue weighted by molar-refractivity contribution is 8.00. The average Bonchev–Trinajstić information content (AvgIpc) is 2.90. The quantitative estimate of drug-likeness (QED) is 0.661. The number of nitrogens with zero attached hydrogens (tertiary/aromatic N) is 2. The molecule has 0 radical (unpaired) electrons. The number of para-hydroxylation sites is 1. The molecule has 0 unspecified atom stereocenters. The summed E-state index contributed by atoms with van der Waals surface area (Å²) in [6, 6.07) is 12.4. The number of sulfonamides is 1. The first kappa shape index (κ1) is 24.8. The normalized spacial score (nSPS) is 20.0. The van der Waals surface area contributed by atoms with Crippen LogP contribution in [-0.2, 0) is 19.6 Å². The second-order valence-electron chi connectivity index (χ2n) is 9.19. The number of anilines is 2. The minimum Gasteiger partial charge on any atom is -0.324 e. The van der Waals surface area contributed by atoms with Gasteiger partial charge < -0.3 is 10.2 Å². The summed E-state index contributed by atoms with van der Waals surface area (Å²) in [7, 11) is -3.68. The largest absolute Gasteiger partial charge is 0.324 e. The van der Waals surface area contributed by atoms with Gasteiger partial charge in [-0.3, -0.25) is 9.59 Å². The number of hydrogen-bond donors (Lipinski definition) is 1. The molecule has 2 aliphatic heterocycles. The lowest BCUT2D eigenvalue weighted by atomic mass is 10.0. The van der Waals surface area contributed by atoms with Crippen molar-refractivity contribution < 1.29 is 18.0 Å². The molecule has 0 bridgehead atoms. The molecule has 34 heavy (non-hydrogen) atoms. The second-order valence-corrected chi connectivity index (χ2v) is 12.6. The average molecular weight is 502 g/mol. The highest BCUT2D eigenvalue weighted by Gasteiger charge is 2.32. The molecule has 0 saturated carbocycles. The number of piperidine rings is 1. The molecule has 7 nitrogen and oxygen atoms in total. The van der Waals surface area contributed by atoms with Gasteiger partial charge in [-0.1, -0.05) is 32.0 Å². The van der Waals surface area contributed by atoms with Gasteiger partial charge in [-0.25, -0.2) is 8.42 Å². The van der Waals surface area contributed by atoms with Crippen molar-refractivity contribution in [2.24, 2.45) is 5.92 Å². The maximum Gasteiger partial charge on any atom is 0.244 e. The van der Waals surface area contributed by atoms with Gasteiger partial charge in [-0.15, -0.1) is 11.8 Å². The van der Waals surface area contributed by atoms with Gasteiger partial charge in [0.1, 0.15) is 6.54 Å². The minimum atomic E-state index is -3.68. The van der Waals surface area contributed by atoms with Crippen molar-refractivity contribution in [3.05, 3.63) is 48.0 Å². The predicted molar refractivity (Wildman–Crippen MR) is 136 cm³/mol. The smallest absolute Gasteiger partial charge is 0.244 e. The van der Waals surface area contributed by atoms with Crippen LogP contribution in [0.25, 0.3) is 0 Å². The molecule has 2 aromatic carbocycles. The van der Waals surface area contributed by atoms with E-state index in [9.17, 15) is 18.0 Å². The first-order chi connectivity index (χ1) is 16.1. The van der Waals surface area contributed by atoms with Gasteiger partial charge in [0.25, 0.3) is 0 Å². The van der Waals surface area contributed by atoms with Gasteiger partial charge in [0.15, 0.2) is 0 Å². The molecule has 2 amide bonds. The summed E-state index contributed by atoms with van der Waals surface area (Å²) < 4.78 is 28.2. The third kappa shape index (κ3) is 5.31. The zero-order valence-corrected chi connectivity index (χ0v) is 21.4. The minimum absolute atomic E-state index is 0.0155. The molecule has 4 rings (SSSR count). The van der Waals surface area contributed by atoms with Crippen LogP contribution in [0.15, 0.2) is 52.3 Å². The zero-order chi connectivity index (χ0) is 24.5. The lowest BCUT2D eigenvalue weighted by molar-refractivity contribution is -0.121. The number of rotatable bonds is 5. The van der Waals surface area contributed by atoms with E-state index < -0.39 is 10.0 Å². The van der Waals surface area contributed by atoms with Crippen LogP contribution in [0, 0.1) is 12.8 Å².